The molecule has 1 aliphatic heterocycles. The highest BCUT2D eigenvalue weighted by Crippen LogP contribution is 2.36. The topological polar surface area (TPSA) is 88.0 Å². The highest BCUT2D eigenvalue weighted by atomic mass is 32.1. The number of alkyl halides is 3. The molecule has 32 heavy (non-hydrogen) atoms. The zero-order chi connectivity index (χ0) is 23.5. The first-order valence-electron chi connectivity index (χ1n) is 9.45. The molecule has 1 heterocycles. The van der Waals surface area contributed by atoms with Crippen LogP contribution in [-0.4, -0.2) is 54.1 Å². The van der Waals surface area contributed by atoms with E-state index in [4.69, 9.17) is 17.0 Å². The van der Waals surface area contributed by atoms with Crippen molar-refractivity contribution in [1.82, 2.24) is 10.2 Å². The number of anilines is 1. The largest absolute Gasteiger partial charge is 0.496 e. The predicted octanol–water partition coefficient (Wildman–Crippen LogP) is 3.46. The predicted molar refractivity (Wildman–Crippen MR) is 115 cm³/mol. The van der Waals surface area contributed by atoms with E-state index in [9.17, 15) is 28.1 Å². The minimum atomic E-state index is -4.67. The standard InChI is InChI=1S/C20H19F3N4O4S/c1-31-17-5-3-2-4-14(17)18(28)24-19(32)26-10-8-25(9-11-26)15-7-6-13(20(21,22)23)12-16(15)27(29)30/h2-7,12H,8-11H2,1H3,(H,24,28,32). The molecule has 0 spiro atoms. The summed E-state index contributed by atoms with van der Waals surface area (Å²) in [6.07, 6.45) is -4.67. The van der Waals surface area contributed by atoms with Gasteiger partial charge in [-0.05, 0) is 36.5 Å². The van der Waals surface area contributed by atoms with E-state index in [1.54, 1.807) is 34.1 Å². The van der Waals surface area contributed by atoms with Crippen LogP contribution in [-0.2, 0) is 6.18 Å². The van der Waals surface area contributed by atoms with Gasteiger partial charge in [-0.1, -0.05) is 12.1 Å². The van der Waals surface area contributed by atoms with Crippen molar-refractivity contribution < 1.29 is 27.6 Å². The van der Waals surface area contributed by atoms with Gasteiger partial charge < -0.3 is 14.5 Å². The minimum absolute atomic E-state index is 0.103. The molecule has 1 saturated heterocycles. The molecule has 1 N–H and O–H groups in total. The molecule has 2 aromatic rings. The van der Waals surface area contributed by atoms with Crippen LogP contribution in [0.2, 0.25) is 0 Å². The number of nitrogens with one attached hydrogen (secondary N) is 1. The molecule has 0 atom stereocenters. The SMILES string of the molecule is COc1ccccc1C(=O)NC(=S)N1CCN(c2ccc(C(F)(F)F)cc2[N+](=O)[O-])CC1. The van der Waals surface area contributed by atoms with Gasteiger partial charge in [0.25, 0.3) is 11.6 Å². The summed E-state index contributed by atoms with van der Waals surface area (Å²) < 4.78 is 43.9. The summed E-state index contributed by atoms with van der Waals surface area (Å²) in [6, 6.07) is 9.14. The number of nitro benzene ring substituents is 1. The van der Waals surface area contributed by atoms with Crippen LogP contribution in [0.3, 0.4) is 0 Å². The smallest absolute Gasteiger partial charge is 0.416 e. The van der Waals surface area contributed by atoms with Crippen molar-refractivity contribution in [3.05, 3.63) is 63.7 Å². The summed E-state index contributed by atoms with van der Waals surface area (Å²) in [4.78, 5) is 26.4. The van der Waals surface area contributed by atoms with Gasteiger partial charge in [0.05, 0.1) is 23.2 Å². The quantitative estimate of drug-likeness (QED) is 0.418. The molecule has 170 valence electrons. The van der Waals surface area contributed by atoms with Crippen molar-refractivity contribution >= 4 is 34.6 Å². The van der Waals surface area contributed by atoms with Gasteiger partial charge in [-0.3, -0.25) is 20.2 Å². The van der Waals surface area contributed by atoms with Crippen molar-refractivity contribution in [2.75, 3.05) is 38.2 Å². The highest BCUT2D eigenvalue weighted by Gasteiger charge is 2.34. The molecule has 0 saturated carbocycles. The monoisotopic (exact) mass is 468 g/mol. The highest BCUT2D eigenvalue weighted by molar-refractivity contribution is 7.80. The Morgan fingerprint density at radius 2 is 1.81 bits per heavy atom. The molecule has 1 aliphatic rings. The number of para-hydroxylation sites is 1. The van der Waals surface area contributed by atoms with Crippen molar-refractivity contribution in [2.45, 2.75) is 6.18 Å². The summed E-state index contributed by atoms with van der Waals surface area (Å²) in [5, 5.41) is 14.2. The maximum absolute atomic E-state index is 12.9. The van der Waals surface area contributed by atoms with Gasteiger partial charge in [0.15, 0.2) is 5.11 Å². The number of ether oxygens (including phenoxy) is 1. The first kappa shape index (κ1) is 23.3. The number of thiocarbonyl (C=S) groups is 1. The van der Waals surface area contributed by atoms with E-state index in [1.807, 2.05) is 0 Å². The lowest BCUT2D eigenvalue weighted by atomic mass is 10.1. The molecule has 0 unspecified atom stereocenters. The third-order valence-corrected chi connectivity index (χ3v) is 5.34. The number of hydrogen-bond donors (Lipinski definition) is 1. The van der Waals surface area contributed by atoms with Crippen molar-refractivity contribution in [1.29, 1.82) is 0 Å². The number of benzene rings is 2. The summed E-state index contributed by atoms with van der Waals surface area (Å²) in [5.74, 6) is -0.0412. The Morgan fingerprint density at radius 1 is 1.16 bits per heavy atom. The second kappa shape index (κ2) is 9.39. The van der Waals surface area contributed by atoms with Gasteiger partial charge in [0.1, 0.15) is 11.4 Å². The van der Waals surface area contributed by atoms with Crippen LogP contribution >= 0.6 is 12.2 Å². The first-order chi connectivity index (χ1) is 15.1. The molecule has 0 aromatic heterocycles. The van der Waals surface area contributed by atoms with Gasteiger partial charge in [0.2, 0.25) is 0 Å². The molecule has 2 aromatic carbocycles. The molecule has 3 rings (SSSR count). The Bertz CT molecular complexity index is 1040. The third-order valence-electron chi connectivity index (χ3n) is 4.98. The molecular formula is C20H19F3N4O4S. The summed E-state index contributed by atoms with van der Waals surface area (Å²) in [5.41, 5.74) is -1.27. The van der Waals surface area contributed by atoms with E-state index in [1.165, 1.54) is 7.11 Å². The Hall–Kier alpha value is -3.41. The molecule has 8 nitrogen and oxygen atoms in total. The van der Waals surface area contributed by atoms with Gasteiger partial charge in [-0.2, -0.15) is 13.2 Å². The number of nitro groups is 1. The van der Waals surface area contributed by atoms with E-state index in [-0.39, 0.29) is 23.9 Å². The average Bonchev–Trinajstić information content (AvgIpc) is 2.78. The average molecular weight is 468 g/mol. The van der Waals surface area contributed by atoms with Crippen LogP contribution in [0.15, 0.2) is 42.5 Å². The number of hydrogen-bond acceptors (Lipinski definition) is 6. The fourth-order valence-electron chi connectivity index (χ4n) is 3.34. The van der Waals surface area contributed by atoms with Crippen LogP contribution in [0.5, 0.6) is 5.75 Å². The first-order valence-corrected chi connectivity index (χ1v) is 9.86. The Balaban J connectivity index is 1.67. The van der Waals surface area contributed by atoms with E-state index in [2.05, 4.69) is 5.32 Å². The maximum Gasteiger partial charge on any atom is 0.416 e. The van der Waals surface area contributed by atoms with Gasteiger partial charge in [-0.25, -0.2) is 0 Å². The molecule has 1 fully saturated rings. The Morgan fingerprint density at radius 3 is 2.41 bits per heavy atom. The van der Waals surface area contributed by atoms with Crippen molar-refractivity contribution in [3.8, 4) is 5.75 Å². The summed E-state index contributed by atoms with van der Waals surface area (Å²) in [7, 11) is 1.45. The van der Waals surface area contributed by atoms with Gasteiger partial charge >= 0.3 is 6.18 Å². The number of halogens is 3. The Labute approximate surface area is 186 Å². The molecule has 12 heteroatoms. The lowest BCUT2D eigenvalue weighted by Gasteiger charge is -2.37. The van der Waals surface area contributed by atoms with Crippen LogP contribution in [0.4, 0.5) is 24.5 Å². The second-order valence-corrected chi connectivity index (χ2v) is 7.28. The zero-order valence-corrected chi connectivity index (χ0v) is 17.7. The molecule has 0 aliphatic carbocycles. The molecule has 0 radical (unpaired) electrons. The van der Waals surface area contributed by atoms with Crippen LogP contribution in [0.1, 0.15) is 15.9 Å². The molecular weight excluding hydrogens is 449 g/mol. The molecule has 1 amide bonds. The van der Waals surface area contributed by atoms with Gasteiger partial charge in [0, 0.05) is 32.2 Å². The van der Waals surface area contributed by atoms with Crippen LogP contribution in [0, 0.1) is 10.1 Å². The van der Waals surface area contributed by atoms with Gasteiger partial charge in [-0.15, -0.1) is 0 Å². The lowest BCUT2D eigenvalue weighted by Crippen LogP contribution is -2.52. The second-order valence-electron chi connectivity index (χ2n) is 6.89. The van der Waals surface area contributed by atoms with Crippen molar-refractivity contribution in [3.63, 3.8) is 0 Å². The zero-order valence-electron chi connectivity index (χ0n) is 16.9. The number of nitrogens with zero attached hydrogens (tertiary/aromatic N) is 3. The van der Waals surface area contributed by atoms with Crippen LogP contribution < -0.4 is 15.0 Å². The van der Waals surface area contributed by atoms with Crippen molar-refractivity contribution in [2.24, 2.45) is 0 Å². The third kappa shape index (κ3) is 5.07. The van der Waals surface area contributed by atoms with E-state index < -0.39 is 28.3 Å². The fourth-order valence-corrected chi connectivity index (χ4v) is 3.61. The summed E-state index contributed by atoms with van der Waals surface area (Å²) >= 11 is 5.31. The van der Waals surface area contributed by atoms with Crippen LogP contribution in [0.25, 0.3) is 0 Å². The van der Waals surface area contributed by atoms with E-state index in [0.29, 0.717) is 30.5 Å². The van der Waals surface area contributed by atoms with E-state index >= 15 is 0 Å². The lowest BCUT2D eigenvalue weighted by molar-refractivity contribution is -0.384. The number of carbonyl (C=O) groups is 1. The Kier molecular flexibility index (Phi) is 6.82. The molecule has 0 bridgehead atoms. The number of carbonyl (C=O) groups excluding carboxylic acids is 1. The minimum Gasteiger partial charge on any atom is -0.496 e. The normalized spacial score (nSPS) is 14.1. The summed E-state index contributed by atoms with van der Waals surface area (Å²) in [6.45, 7) is 1.19. The number of amides is 1. The maximum atomic E-state index is 12.9. The van der Waals surface area contributed by atoms with E-state index in [0.717, 1.165) is 12.1 Å². The fraction of sp³-hybridized carbons (Fsp3) is 0.300. The number of rotatable bonds is 4. The number of piperazine rings is 1. The number of methoxy groups -OCH3 is 1.